The van der Waals surface area contributed by atoms with Crippen LogP contribution in [0.1, 0.15) is 64.6 Å². The van der Waals surface area contributed by atoms with Crippen molar-refractivity contribution in [2.24, 2.45) is 5.92 Å². The minimum atomic E-state index is -0.751. The maximum Gasteiger partial charge on any atom is 0.310 e. The molecule has 1 atom stereocenters. The number of methoxy groups -OCH3 is 1. The standard InChI is InChI=1S/C32H31FN2O5/c1-31(9-7-22(33)8-10-31)28-27(30(38)34-2)24-14-23(21(12-25(24)40-28)13-26(36)39-3)19-5-4-6-20(11-19)29(37)35-32-15-18(16-32)17-32/h4-9,11-12,14,18H,10,13,15-17H2,1-3H3,(H,34,38)(H,35,37)/t18?,31-,32?/m1/s1. The Morgan fingerprint density at radius 2 is 1.90 bits per heavy atom. The van der Waals surface area contributed by atoms with Crippen LogP contribution in [-0.2, 0) is 21.4 Å². The highest BCUT2D eigenvalue weighted by Gasteiger charge is 2.57. The molecule has 0 spiro atoms. The molecule has 7 rings (SSSR count). The Bertz CT molecular complexity index is 1620. The average Bonchev–Trinajstić information content (AvgIpc) is 3.30. The number of benzene rings is 2. The molecule has 2 aromatic carbocycles. The molecular weight excluding hydrogens is 511 g/mol. The lowest BCUT2D eigenvalue weighted by molar-refractivity contribution is -0.139. The number of halogens is 1. The van der Waals surface area contributed by atoms with Crippen molar-refractivity contribution in [1.29, 1.82) is 0 Å². The van der Waals surface area contributed by atoms with E-state index in [4.69, 9.17) is 9.15 Å². The molecule has 206 valence electrons. The van der Waals surface area contributed by atoms with Gasteiger partial charge in [-0.25, -0.2) is 4.39 Å². The van der Waals surface area contributed by atoms with E-state index in [1.54, 1.807) is 25.3 Å². The number of rotatable bonds is 7. The van der Waals surface area contributed by atoms with E-state index < -0.39 is 11.4 Å². The van der Waals surface area contributed by atoms with Crippen molar-refractivity contribution in [2.45, 2.75) is 50.0 Å². The summed E-state index contributed by atoms with van der Waals surface area (Å²) in [5.41, 5.74) is 2.55. The number of hydrogen-bond donors (Lipinski definition) is 2. The average molecular weight is 543 g/mol. The van der Waals surface area contributed by atoms with Gasteiger partial charge in [-0.2, -0.15) is 0 Å². The van der Waals surface area contributed by atoms with Gasteiger partial charge in [-0.3, -0.25) is 14.4 Å². The first-order chi connectivity index (χ1) is 19.1. The molecule has 0 unspecified atom stereocenters. The molecule has 0 aliphatic heterocycles. The molecule has 3 saturated carbocycles. The number of carbonyl (C=O) groups is 3. The van der Waals surface area contributed by atoms with E-state index in [9.17, 15) is 18.8 Å². The lowest BCUT2D eigenvalue weighted by Gasteiger charge is -2.61. The number of allylic oxidation sites excluding steroid dienone is 4. The fraction of sp³-hybridized carbons (Fsp3) is 0.344. The molecule has 2 N–H and O–H groups in total. The van der Waals surface area contributed by atoms with E-state index in [1.807, 2.05) is 31.2 Å². The number of carbonyl (C=O) groups excluding carboxylic acids is 3. The number of nitrogens with one attached hydrogen (secondary N) is 2. The third-order valence-electron chi connectivity index (χ3n) is 8.63. The summed E-state index contributed by atoms with van der Waals surface area (Å²) in [6.45, 7) is 1.89. The minimum Gasteiger partial charge on any atom is -0.469 e. The van der Waals surface area contributed by atoms with Gasteiger partial charge < -0.3 is 19.8 Å². The van der Waals surface area contributed by atoms with Crippen LogP contribution < -0.4 is 10.6 Å². The molecule has 1 heterocycles. The normalized spacial score (nSPS) is 24.5. The SMILES string of the molecule is CNC(=O)c1c([C@]2(C)C=CC(F)=CC2)oc2cc(CC(=O)OC)c(-c3cccc(C(=O)NC45CC(C4)C5)c3)cc12. The van der Waals surface area contributed by atoms with Crippen LogP contribution in [0.15, 0.2) is 64.9 Å². The van der Waals surface area contributed by atoms with Gasteiger partial charge in [0.25, 0.3) is 11.8 Å². The molecule has 0 radical (unpaired) electrons. The van der Waals surface area contributed by atoms with Gasteiger partial charge in [-0.05, 0) is 91.6 Å². The van der Waals surface area contributed by atoms with Crippen LogP contribution in [0.5, 0.6) is 0 Å². The lowest BCUT2D eigenvalue weighted by Crippen LogP contribution is -2.68. The van der Waals surface area contributed by atoms with Gasteiger partial charge >= 0.3 is 5.97 Å². The van der Waals surface area contributed by atoms with Gasteiger partial charge in [-0.15, -0.1) is 0 Å². The quantitative estimate of drug-likeness (QED) is 0.383. The number of hydrogen-bond acceptors (Lipinski definition) is 5. The van der Waals surface area contributed by atoms with Crippen LogP contribution >= 0.6 is 0 Å². The number of fused-ring (bicyclic) bond motifs is 1. The van der Waals surface area contributed by atoms with E-state index in [2.05, 4.69) is 10.6 Å². The summed E-state index contributed by atoms with van der Waals surface area (Å²) in [6.07, 6.45) is 7.97. The third kappa shape index (κ3) is 4.31. The van der Waals surface area contributed by atoms with Crippen molar-refractivity contribution in [3.05, 3.63) is 82.9 Å². The summed E-state index contributed by atoms with van der Waals surface area (Å²) in [4.78, 5) is 38.7. The van der Waals surface area contributed by atoms with Crippen LogP contribution in [0.25, 0.3) is 22.1 Å². The maximum absolute atomic E-state index is 13.8. The van der Waals surface area contributed by atoms with E-state index in [0.717, 1.165) is 30.7 Å². The Balaban J connectivity index is 1.48. The van der Waals surface area contributed by atoms with Crippen molar-refractivity contribution in [3.8, 4) is 11.1 Å². The van der Waals surface area contributed by atoms with Crippen LogP contribution in [0.3, 0.4) is 0 Å². The maximum atomic E-state index is 13.8. The summed E-state index contributed by atoms with van der Waals surface area (Å²) in [7, 11) is 2.87. The molecule has 1 aromatic heterocycles. The lowest BCUT2D eigenvalue weighted by atomic mass is 9.50. The zero-order chi connectivity index (χ0) is 28.2. The summed E-state index contributed by atoms with van der Waals surface area (Å²) in [5, 5.41) is 6.46. The molecule has 2 amide bonds. The monoisotopic (exact) mass is 542 g/mol. The van der Waals surface area contributed by atoms with Crippen LogP contribution in [-0.4, -0.2) is 37.5 Å². The molecule has 7 nitrogen and oxygen atoms in total. The minimum absolute atomic E-state index is 0.0286. The van der Waals surface area contributed by atoms with Crippen molar-refractivity contribution in [3.63, 3.8) is 0 Å². The highest BCUT2D eigenvalue weighted by Crippen LogP contribution is 2.57. The first kappa shape index (κ1) is 26.0. The molecule has 2 bridgehead atoms. The van der Waals surface area contributed by atoms with Crippen molar-refractivity contribution < 1.29 is 27.9 Å². The predicted octanol–water partition coefficient (Wildman–Crippen LogP) is 5.53. The second-order valence-corrected chi connectivity index (χ2v) is 11.5. The summed E-state index contributed by atoms with van der Waals surface area (Å²) < 4.78 is 25.1. The van der Waals surface area contributed by atoms with Gasteiger partial charge in [0.1, 0.15) is 17.2 Å². The molecule has 40 heavy (non-hydrogen) atoms. The second-order valence-electron chi connectivity index (χ2n) is 11.5. The van der Waals surface area contributed by atoms with Gasteiger partial charge in [0.2, 0.25) is 0 Å². The smallest absolute Gasteiger partial charge is 0.310 e. The van der Waals surface area contributed by atoms with Crippen molar-refractivity contribution in [2.75, 3.05) is 14.2 Å². The van der Waals surface area contributed by atoms with E-state index >= 15 is 0 Å². The highest BCUT2D eigenvalue weighted by atomic mass is 19.1. The number of esters is 1. The number of ether oxygens (including phenoxy) is 1. The Morgan fingerprint density at radius 1 is 1.12 bits per heavy atom. The molecule has 3 fully saturated rings. The second kappa shape index (κ2) is 9.47. The van der Waals surface area contributed by atoms with Gasteiger partial charge in [0.05, 0.1) is 19.1 Å². The Morgan fingerprint density at radius 3 is 2.52 bits per heavy atom. The first-order valence-electron chi connectivity index (χ1n) is 13.5. The number of furan rings is 1. The third-order valence-corrected chi connectivity index (χ3v) is 8.63. The fourth-order valence-corrected chi connectivity index (χ4v) is 6.23. The van der Waals surface area contributed by atoms with E-state index in [1.165, 1.54) is 19.3 Å². The highest BCUT2D eigenvalue weighted by molar-refractivity contribution is 6.09. The van der Waals surface area contributed by atoms with Gasteiger partial charge in [-0.1, -0.05) is 18.2 Å². The Hall–Kier alpha value is -4.20. The van der Waals surface area contributed by atoms with Gasteiger partial charge in [0.15, 0.2) is 0 Å². The zero-order valence-corrected chi connectivity index (χ0v) is 22.7. The van der Waals surface area contributed by atoms with Gasteiger partial charge in [0, 0.05) is 29.0 Å². The van der Waals surface area contributed by atoms with E-state index in [0.29, 0.717) is 45.4 Å². The molecule has 3 aromatic rings. The molecule has 4 aliphatic carbocycles. The molecule has 8 heteroatoms. The summed E-state index contributed by atoms with van der Waals surface area (Å²) in [5.74, 6) is -0.0686. The van der Waals surface area contributed by atoms with Crippen LogP contribution in [0, 0.1) is 5.92 Å². The molecule has 0 saturated heterocycles. The molecule has 4 aliphatic rings. The first-order valence-corrected chi connectivity index (χ1v) is 13.5. The van der Waals surface area contributed by atoms with E-state index in [-0.39, 0.29) is 29.6 Å². The Labute approximate surface area is 231 Å². The van der Waals surface area contributed by atoms with Crippen LogP contribution in [0.4, 0.5) is 4.39 Å². The number of amides is 2. The fourth-order valence-electron chi connectivity index (χ4n) is 6.23. The predicted molar refractivity (Wildman–Crippen MR) is 149 cm³/mol. The zero-order valence-electron chi connectivity index (χ0n) is 22.7. The summed E-state index contributed by atoms with van der Waals surface area (Å²) in [6, 6.07) is 10.8. The Kier molecular flexibility index (Phi) is 6.16. The largest absolute Gasteiger partial charge is 0.469 e. The summed E-state index contributed by atoms with van der Waals surface area (Å²) >= 11 is 0. The van der Waals surface area contributed by atoms with Crippen molar-refractivity contribution >= 4 is 28.8 Å². The van der Waals surface area contributed by atoms with Crippen molar-refractivity contribution in [1.82, 2.24) is 10.6 Å². The topological polar surface area (TPSA) is 97.6 Å². The molecular formula is C32H31FN2O5. The van der Waals surface area contributed by atoms with Crippen LogP contribution in [0.2, 0.25) is 0 Å².